The van der Waals surface area contributed by atoms with Crippen LogP contribution in [0.15, 0.2) is 46.9 Å². The molecule has 0 atom stereocenters. The highest BCUT2D eigenvalue weighted by Crippen LogP contribution is 2.24. The lowest BCUT2D eigenvalue weighted by molar-refractivity contribution is -0.112. The van der Waals surface area contributed by atoms with Crippen LogP contribution in [-0.4, -0.2) is 17.0 Å². The Kier molecular flexibility index (Phi) is 5.04. The van der Waals surface area contributed by atoms with Crippen LogP contribution in [0.1, 0.15) is 37.9 Å². The molecule has 1 aromatic carbocycles. The summed E-state index contributed by atoms with van der Waals surface area (Å²) in [4.78, 5) is 11.0. The lowest BCUT2D eigenvalue weighted by atomic mass is 10.1. The van der Waals surface area contributed by atoms with Gasteiger partial charge < -0.3 is 14.3 Å². The molecule has 0 amide bonds. The van der Waals surface area contributed by atoms with Gasteiger partial charge in [0, 0.05) is 18.1 Å². The van der Waals surface area contributed by atoms with E-state index in [4.69, 9.17) is 9.15 Å². The summed E-state index contributed by atoms with van der Waals surface area (Å²) < 4.78 is 11.4. The van der Waals surface area contributed by atoms with E-state index in [0.717, 1.165) is 17.4 Å². The van der Waals surface area contributed by atoms with Gasteiger partial charge in [0.25, 0.3) is 0 Å². The van der Waals surface area contributed by atoms with Crippen molar-refractivity contribution in [1.29, 1.82) is 0 Å². The normalized spacial score (nSPS) is 11.7. The zero-order valence-electron chi connectivity index (χ0n) is 13.0. The smallest absolute Gasteiger partial charge is 0.168 e. The van der Waals surface area contributed by atoms with Crippen molar-refractivity contribution in [2.24, 2.45) is 0 Å². The first-order valence-electron chi connectivity index (χ1n) is 7.20. The standard InChI is InChI=1S/C18H20O4/c1-12(2)21-17-7-5-4-6-14(17)11-15-8-9-18(22-15)16(20)10-13(3)19/h4-10,12,20H,11H2,1-3H3. The van der Waals surface area contributed by atoms with Crippen molar-refractivity contribution < 1.29 is 19.1 Å². The maximum absolute atomic E-state index is 11.0. The van der Waals surface area contributed by atoms with Gasteiger partial charge in [0.05, 0.1) is 6.10 Å². The van der Waals surface area contributed by atoms with E-state index in [1.165, 1.54) is 6.92 Å². The fourth-order valence-corrected chi connectivity index (χ4v) is 2.08. The second-order valence-corrected chi connectivity index (χ2v) is 5.36. The number of hydrogen-bond acceptors (Lipinski definition) is 4. The van der Waals surface area contributed by atoms with Crippen molar-refractivity contribution in [3.8, 4) is 5.75 Å². The number of ketones is 1. The Morgan fingerprint density at radius 2 is 2.00 bits per heavy atom. The molecule has 0 unspecified atom stereocenters. The SMILES string of the molecule is CC(=O)C=C(O)c1ccc(Cc2ccccc2OC(C)C)o1. The van der Waals surface area contributed by atoms with E-state index in [9.17, 15) is 9.90 Å². The Labute approximate surface area is 130 Å². The van der Waals surface area contributed by atoms with E-state index < -0.39 is 0 Å². The van der Waals surface area contributed by atoms with Crippen molar-refractivity contribution in [3.63, 3.8) is 0 Å². The number of furan rings is 1. The maximum Gasteiger partial charge on any atom is 0.168 e. The summed E-state index contributed by atoms with van der Waals surface area (Å²) in [6, 6.07) is 11.2. The van der Waals surface area contributed by atoms with Crippen LogP contribution >= 0.6 is 0 Å². The number of rotatable bonds is 6. The Morgan fingerprint density at radius 3 is 2.68 bits per heavy atom. The molecule has 0 spiro atoms. The molecule has 0 saturated carbocycles. The first kappa shape index (κ1) is 15.9. The van der Waals surface area contributed by atoms with Gasteiger partial charge in [-0.05, 0) is 39.0 Å². The third-order valence-corrected chi connectivity index (χ3v) is 2.95. The predicted octanol–water partition coefficient (Wildman–Crippen LogP) is 4.15. The number of carbonyl (C=O) groups is 1. The van der Waals surface area contributed by atoms with Crippen LogP contribution in [0.5, 0.6) is 5.75 Å². The van der Waals surface area contributed by atoms with Crippen LogP contribution in [0.2, 0.25) is 0 Å². The summed E-state index contributed by atoms with van der Waals surface area (Å²) in [5, 5.41) is 9.77. The average Bonchev–Trinajstić information content (AvgIpc) is 2.88. The molecule has 2 aromatic rings. The molecule has 0 fully saturated rings. The highest BCUT2D eigenvalue weighted by atomic mass is 16.5. The minimum Gasteiger partial charge on any atom is -0.504 e. The Morgan fingerprint density at radius 1 is 1.27 bits per heavy atom. The second kappa shape index (κ2) is 6.98. The van der Waals surface area contributed by atoms with Crippen molar-refractivity contribution in [2.45, 2.75) is 33.3 Å². The lowest BCUT2D eigenvalue weighted by Gasteiger charge is -2.13. The van der Waals surface area contributed by atoms with Crippen LogP contribution in [0.3, 0.4) is 0 Å². The third-order valence-electron chi connectivity index (χ3n) is 2.95. The van der Waals surface area contributed by atoms with Gasteiger partial charge in [0.15, 0.2) is 17.3 Å². The summed E-state index contributed by atoms with van der Waals surface area (Å²) in [5.74, 6) is 1.40. The molecule has 0 bridgehead atoms. The predicted molar refractivity (Wildman–Crippen MR) is 85.0 cm³/mol. The second-order valence-electron chi connectivity index (χ2n) is 5.36. The van der Waals surface area contributed by atoms with Gasteiger partial charge >= 0.3 is 0 Å². The van der Waals surface area contributed by atoms with Gasteiger partial charge in [-0.1, -0.05) is 18.2 Å². The molecule has 0 saturated heterocycles. The Balaban J connectivity index is 2.19. The summed E-state index contributed by atoms with van der Waals surface area (Å²) >= 11 is 0. The molecule has 22 heavy (non-hydrogen) atoms. The first-order valence-corrected chi connectivity index (χ1v) is 7.20. The van der Waals surface area contributed by atoms with E-state index in [-0.39, 0.29) is 23.4 Å². The number of para-hydroxylation sites is 1. The monoisotopic (exact) mass is 300 g/mol. The van der Waals surface area contributed by atoms with Crippen molar-refractivity contribution in [2.75, 3.05) is 0 Å². The Bertz CT molecular complexity index is 680. The molecule has 0 radical (unpaired) electrons. The Hall–Kier alpha value is -2.49. The van der Waals surface area contributed by atoms with Crippen molar-refractivity contribution in [3.05, 3.63) is 59.6 Å². The van der Waals surface area contributed by atoms with Crippen LogP contribution in [-0.2, 0) is 11.2 Å². The molecule has 0 aliphatic heterocycles. The van der Waals surface area contributed by atoms with Gasteiger partial charge in [-0.15, -0.1) is 0 Å². The molecule has 1 N–H and O–H groups in total. The van der Waals surface area contributed by atoms with Gasteiger partial charge in [-0.2, -0.15) is 0 Å². The van der Waals surface area contributed by atoms with Crippen molar-refractivity contribution >= 4 is 11.5 Å². The number of benzene rings is 1. The molecule has 0 aliphatic carbocycles. The molecule has 4 heteroatoms. The van der Waals surface area contributed by atoms with E-state index in [0.29, 0.717) is 12.2 Å². The number of hydrogen-bond donors (Lipinski definition) is 1. The van der Waals surface area contributed by atoms with E-state index in [1.54, 1.807) is 12.1 Å². The summed E-state index contributed by atoms with van der Waals surface area (Å²) in [6.45, 7) is 5.33. The molecule has 116 valence electrons. The molecule has 0 aliphatic rings. The molecule has 1 heterocycles. The molecule has 2 rings (SSSR count). The van der Waals surface area contributed by atoms with Gasteiger partial charge in [-0.25, -0.2) is 0 Å². The van der Waals surface area contributed by atoms with Gasteiger partial charge in [0.1, 0.15) is 11.5 Å². The molecule has 1 aromatic heterocycles. The number of allylic oxidation sites excluding steroid dienone is 1. The largest absolute Gasteiger partial charge is 0.504 e. The van der Waals surface area contributed by atoms with Crippen LogP contribution in [0.4, 0.5) is 0 Å². The quantitative estimate of drug-likeness (QED) is 0.643. The summed E-state index contributed by atoms with van der Waals surface area (Å²) in [5.41, 5.74) is 1.01. The van der Waals surface area contributed by atoms with Crippen LogP contribution in [0, 0.1) is 0 Å². The highest BCUT2D eigenvalue weighted by Gasteiger charge is 2.11. The van der Waals surface area contributed by atoms with Crippen LogP contribution < -0.4 is 4.74 Å². The average molecular weight is 300 g/mol. The fraction of sp³-hybridized carbons (Fsp3) is 0.278. The lowest BCUT2D eigenvalue weighted by Crippen LogP contribution is -2.07. The summed E-state index contributed by atoms with van der Waals surface area (Å²) in [6.07, 6.45) is 1.78. The number of aliphatic hydroxyl groups is 1. The highest BCUT2D eigenvalue weighted by molar-refractivity contribution is 5.92. The zero-order chi connectivity index (χ0) is 16.1. The molecular formula is C18H20O4. The molecule has 4 nitrogen and oxygen atoms in total. The number of ether oxygens (including phenoxy) is 1. The molecular weight excluding hydrogens is 280 g/mol. The zero-order valence-corrected chi connectivity index (χ0v) is 13.0. The van der Waals surface area contributed by atoms with Gasteiger partial charge in [0.2, 0.25) is 0 Å². The van der Waals surface area contributed by atoms with Gasteiger partial charge in [-0.3, -0.25) is 4.79 Å². The van der Waals surface area contributed by atoms with E-state index in [1.807, 2.05) is 38.1 Å². The third kappa shape index (κ3) is 4.25. The van der Waals surface area contributed by atoms with E-state index in [2.05, 4.69) is 0 Å². The topological polar surface area (TPSA) is 59.7 Å². The number of carbonyl (C=O) groups excluding carboxylic acids is 1. The van der Waals surface area contributed by atoms with Crippen LogP contribution in [0.25, 0.3) is 5.76 Å². The van der Waals surface area contributed by atoms with E-state index >= 15 is 0 Å². The maximum atomic E-state index is 11.0. The number of aliphatic hydroxyl groups excluding tert-OH is 1. The summed E-state index contributed by atoms with van der Waals surface area (Å²) in [7, 11) is 0. The fourth-order valence-electron chi connectivity index (χ4n) is 2.08. The minimum absolute atomic E-state index is 0.0934. The van der Waals surface area contributed by atoms with Crippen molar-refractivity contribution in [1.82, 2.24) is 0 Å². The first-order chi connectivity index (χ1) is 10.5. The minimum atomic E-state index is -0.230.